The Morgan fingerprint density at radius 3 is 2.75 bits per heavy atom. The first-order valence-corrected chi connectivity index (χ1v) is 10.7. The molecule has 0 bridgehead atoms. The van der Waals surface area contributed by atoms with Crippen molar-refractivity contribution in [1.29, 1.82) is 0 Å². The van der Waals surface area contributed by atoms with Crippen LogP contribution in [0.3, 0.4) is 0 Å². The van der Waals surface area contributed by atoms with Crippen LogP contribution in [0.2, 0.25) is 0 Å². The van der Waals surface area contributed by atoms with Crippen molar-refractivity contribution in [2.75, 3.05) is 0 Å². The number of nitrogens with zero attached hydrogens (tertiary/aromatic N) is 4. The third-order valence-electron chi connectivity index (χ3n) is 4.75. The molecule has 8 nitrogen and oxygen atoms in total. The molecule has 0 atom stereocenters. The van der Waals surface area contributed by atoms with E-state index in [2.05, 4.69) is 20.3 Å². The molecule has 10 heteroatoms. The SMILES string of the molecule is Cc1ccc(-c2noc(COC(=O)c3cccnc3SCc3c(C)noc3C)n2)cc1F. The fraction of sp³-hybridized carbons (Fsp3) is 0.227. The number of benzene rings is 1. The quantitative estimate of drug-likeness (QED) is 0.287. The van der Waals surface area contributed by atoms with E-state index < -0.39 is 5.97 Å². The number of rotatable bonds is 7. The van der Waals surface area contributed by atoms with Gasteiger partial charge in [0.25, 0.3) is 5.89 Å². The molecule has 0 saturated carbocycles. The Labute approximate surface area is 187 Å². The minimum atomic E-state index is -0.569. The largest absolute Gasteiger partial charge is 0.452 e. The molecule has 0 fully saturated rings. The van der Waals surface area contributed by atoms with Crippen LogP contribution >= 0.6 is 11.8 Å². The van der Waals surface area contributed by atoms with Gasteiger partial charge in [-0.15, -0.1) is 11.8 Å². The minimum Gasteiger partial charge on any atom is -0.452 e. The second-order valence-corrected chi connectivity index (χ2v) is 7.96. The highest BCUT2D eigenvalue weighted by Crippen LogP contribution is 2.28. The highest BCUT2D eigenvalue weighted by Gasteiger charge is 2.18. The summed E-state index contributed by atoms with van der Waals surface area (Å²) in [4.78, 5) is 21.1. The molecular weight excluding hydrogens is 435 g/mol. The van der Waals surface area contributed by atoms with Gasteiger partial charge < -0.3 is 13.8 Å². The third-order valence-corrected chi connectivity index (χ3v) is 5.78. The molecule has 0 amide bonds. The van der Waals surface area contributed by atoms with Crippen molar-refractivity contribution in [1.82, 2.24) is 20.3 Å². The van der Waals surface area contributed by atoms with Crippen LogP contribution < -0.4 is 0 Å². The number of aryl methyl sites for hydroxylation is 3. The fourth-order valence-corrected chi connectivity index (χ4v) is 4.01. The van der Waals surface area contributed by atoms with Crippen molar-refractivity contribution in [2.24, 2.45) is 0 Å². The molecule has 0 aliphatic rings. The molecule has 0 aliphatic heterocycles. The lowest BCUT2D eigenvalue weighted by atomic mass is 10.1. The van der Waals surface area contributed by atoms with Gasteiger partial charge in [0.15, 0.2) is 6.61 Å². The summed E-state index contributed by atoms with van der Waals surface area (Å²) in [6, 6.07) is 7.95. The van der Waals surface area contributed by atoms with Gasteiger partial charge in [-0.2, -0.15) is 4.98 Å². The number of halogens is 1. The summed E-state index contributed by atoms with van der Waals surface area (Å²) in [5, 5.41) is 8.29. The lowest BCUT2D eigenvalue weighted by Gasteiger charge is -2.07. The van der Waals surface area contributed by atoms with Gasteiger partial charge in [-0.1, -0.05) is 22.4 Å². The number of carbonyl (C=O) groups is 1. The average molecular weight is 454 g/mol. The number of thioether (sulfide) groups is 1. The van der Waals surface area contributed by atoms with Crippen LogP contribution in [0.4, 0.5) is 4.39 Å². The zero-order valence-electron chi connectivity index (χ0n) is 17.6. The molecule has 0 aliphatic carbocycles. The molecule has 4 aromatic rings. The third kappa shape index (κ3) is 4.70. The van der Waals surface area contributed by atoms with Crippen molar-refractivity contribution in [3.05, 3.63) is 76.4 Å². The number of hydrogen-bond acceptors (Lipinski definition) is 9. The minimum absolute atomic E-state index is 0.100. The van der Waals surface area contributed by atoms with Crippen LogP contribution in [0.25, 0.3) is 11.4 Å². The molecule has 0 saturated heterocycles. The summed E-state index contributed by atoms with van der Waals surface area (Å²) >= 11 is 1.39. The normalized spacial score (nSPS) is 11.0. The van der Waals surface area contributed by atoms with Gasteiger partial charge in [0.05, 0.1) is 11.3 Å². The van der Waals surface area contributed by atoms with Crippen molar-refractivity contribution in [3.63, 3.8) is 0 Å². The van der Waals surface area contributed by atoms with E-state index >= 15 is 0 Å². The van der Waals surface area contributed by atoms with E-state index in [1.165, 1.54) is 17.8 Å². The highest BCUT2D eigenvalue weighted by molar-refractivity contribution is 7.98. The number of esters is 1. The Morgan fingerprint density at radius 1 is 1.16 bits per heavy atom. The molecule has 0 spiro atoms. The van der Waals surface area contributed by atoms with Gasteiger partial charge in [-0.25, -0.2) is 14.2 Å². The summed E-state index contributed by atoms with van der Waals surface area (Å²) in [6.45, 7) is 5.15. The van der Waals surface area contributed by atoms with Gasteiger partial charge in [0.1, 0.15) is 16.6 Å². The average Bonchev–Trinajstić information content (AvgIpc) is 3.39. The summed E-state index contributed by atoms with van der Waals surface area (Å²) in [6.07, 6.45) is 1.61. The molecule has 0 radical (unpaired) electrons. The van der Waals surface area contributed by atoms with Gasteiger partial charge in [-0.3, -0.25) is 0 Å². The van der Waals surface area contributed by atoms with E-state index in [0.29, 0.717) is 27.5 Å². The zero-order chi connectivity index (χ0) is 22.7. The van der Waals surface area contributed by atoms with Crippen LogP contribution in [0.15, 0.2) is 50.6 Å². The van der Waals surface area contributed by atoms with Crippen LogP contribution in [0, 0.1) is 26.6 Å². The fourth-order valence-electron chi connectivity index (χ4n) is 2.88. The Bertz CT molecular complexity index is 1250. The number of ether oxygens (including phenoxy) is 1. The topological polar surface area (TPSA) is 104 Å². The van der Waals surface area contributed by atoms with Crippen LogP contribution in [-0.4, -0.2) is 26.3 Å². The Balaban J connectivity index is 1.42. The summed E-state index contributed by atoms with van der Waals surface area (Å²) < 4.78 is 29.4. The first-order chi connectivity index (χ1) is 15.4. The predicted molar refractivity (Wildman–Crippen MR) is 113 cm³/mol. The first kappa shape index (κ1) is 21.7. The molecule has 164 valence electrons. The number of pyridine rings is 1. The maximum atomic E-state index is 13.8. The zero-order valence-corrected chi connectivity index (χ0v) is 18.4. The molecule has 4 rings (SSSR count). The molecule has 0 unspecified atom stereocenters. The second-order valence-electron chi connectivity index (χ2n) is 7.00. The molecule has 3 heterocycles. The van der Waals surface area contributed by atoms with E-state index in [1.54, 1.807) is 37.4 Å². The molecule has 1 aromatic carbocycles. The van der Waals surface area contributed by atoms with Gasteiger partial charge in [0.2, 0.25) is 5.82 Å². The van der Waals surface area contributed by atoms with E-state index in [-0.39, 0.29) is 24.1 Å². The molecule has 3 aromatic heterocycles. The van der Waals surface area contributed by atoms with E-state index in [0.717, 1.165) is 17.0 Å². The van der Waals surface area contributed by atoms with Crippen LogP contribution in [0.5, 0.6) is 0 Å². The molecular formula is C22H19FN4O4S. The number of hydrogen-bond donors (Lipinski definition) is 0. The molecule has 32 heavy (non-hydrogen) atoms. The summed E-state index contributed by atoms with van der Waals surface area (Å²) in [7, 11) is 0. The van der Waals surface area contributed by atoms with E-state index in [1.807, 2.05) is 13.8 Å². The summed E-state index contributed by atoms with van der Waals surface area (Å²) in [5.41, 5.74) is 3.08. The number of carbonyl (C=O) groups excluding carboxylic acids is 1. The molecule has 0 N–H and O–H groups in total. The smallest absolute Gasteiger partial charge is 0.341 e. The number of aromatic nitrogens is 4. The van der Waals surface area contributed by atoms with E-state index in [4.69, 9.17) is 13.8 Å². The maximum Gasteiger partial charge on any atom is 0.341 e. The van der Waals surface area contributed by atoms with Crippen molar-refractivity contribution < 1.29 is 23.0 Å². The second kappa shape index (κ2) is 9.31. The Kier molecular flexibility index (Phi) is 6.31. The van der Waals surface area contributed by atoms with Gasteiger partial charge in [0, 0.05) is 23.1 Å². The Hall–Kier alpha value is -3.53. The summed E-state index contributed by atoms with van der Waals surface area (Å²) in [5.74, 6) is 0.670. The van der Waals surface area contributed by atoms with Crippen molar-refractivity contribution >= 4 is 17.7 Å². The lowest BCUT2D eigenvalue weighted by Crippen LogP contribution is -2.08. The first-order valence-electron chi connectivity index (χ1n) is 9.68. The van der Waals surface area contributed by atoms with E-state index in [9.17, 15) is 9.18 Å². The van der Waals surface area contributed by atoms with Crippen LogP contribution in [0.1, 0.15) is 38.8 Å². The van der Waals surface area contributed by atoms with Crippen molar-refractivity contribution in [2.45, 2.75) is 38.2 Å². The Morgan fingerprint density at radius 2 is 2.00 bits per heavy atom. The van der Waals surface area contributed by atoms with Gasteiger partial charge >= 0.3 is 5.97 Å². The standard InChI is InChI=1S/C22H19FN4O4S/c1-12-6-7-15(9-18(12)23)20-25-19(31-27-20)10-29-22(28)16-5-4-8-24-21(16)32-11-17-13(2)26-30-14(17)3/h4-9H,10-11H2,1-3H3. The highest BCUT2D eigenvalue weighted by atomic mass is 32.2. The predicted octanol–water partition coefficient (Wildman–Crippen LogP) is 4.83. The van der Waals surface area contributed by atoms with Crippen LogP contribution in [-0.2, 0) is 17.1 Å². The van der Waals surface area contributed by atoms with Gasteiger partial charge in [-0.05, 0) is 44.5 Å². The maximum absolute atomic E-state index is 13.8. The lowest BCUT2D eigenvalue weighted by molar-refractivity contribution is 0.0424. The van der Waals surface area contributed by atoms with Crippen molar-refractivity contribution in [3.8, 4) is 11.4 Å². The monoisotopic (exact) mass is 454 g/mol.